The normalized spacial score (nSPS) is 16.4. The van der Waals surface area contributed by atoms with Crippen LogP contribution in [0, 0.1) is 5.82 Å². The van der Waals surface area contributed by atoms with Gasteiger partial charge in [0.1, 0.15) is 24.8 Å². The Kier molecular flexibility index (Phi) is 5.71. The van der Waals surface area contributed by atoms with E-state index in [0.717, 1.165) is 0 Å². The summed E-state index contributed by atoms with van der Waals surface area (Å²) in [6, 6.07) is 13.6. The first-order valence-electron chi connectivity index (χ1n) is 8.43. The summed E-state index contributed by atoms with van der Waals surface area (Å²) in [5.74, 6) is -0.299. The maximum absolute atomic E-state index is 13.2. The lowest BCUT2D eigenvalue weighted by Crippen LogP contribution is -2.45. The summed E-state index contributed by atoms with van der Waals surface area (Å²) >= 11 is 0. The summed E-state index contributed by atoms with van der Waals surface area (Å²) in [7, 11) is 0. The number of benzene rings is 2. The second kappa shape index (κ2) is 8.35. The van der Waals surface area contributed by atoms with Crippen LogP contribution in [0.2, 0.25) is 0 Å². The van der Waals surface area contributed by atoms with E-state index in [0.29, 0.717) is 17.0 Å². The van der Waals surface area contributed by atoms with E-state index in [2.05, 4.69) is 10.6 Å². The standard InChI is InChI=1S/C20H19FN2O4/c1-13-17(19(24)27-12-11-26-16-5-3-2-4-6-16)18(23-20(25)22-13)14-7-9-15(21)10-8-14/h2-10,18H,11-12H2,1H3,(H2,22,23,25)/t18-/m0/s1. The molecular weight excluding hydrogens is 351 g/mol. The maximum Gasteiger partial charge on any atom is 0.338 e. The number of urea groups is 1. The Morgan fingerprint density at radius 2 is 1.78 bits per heavy atom. The van der Waals surface area contributed by atoms with Crippen molar-refractivity contribution in [2.45, 2.75) is 13.0 Å². The Morgan fingerprint density at radius 1 is 1.07 bits per heavy atom. The zero-order valence-electron chi connectivity index (χ0n) is 14.7. The summed E-state index contributed by atoms with van der Waals surface area (Å²) in [5.41, 5.74) is 1.24. The van der Waals surface area contributed by atoms with Gasteiger partial charge in [-0.15, -0.1) is 0 Å². The Labute approximate surface area is 156 Å². The molecule has 2 N–H and O–H groups in total. The number of amides is 2. The van der Waals surface area contributed by atoms with E-state index in [1.807, 2.05) is 18.2 Å². The first kappa shape index (κ1) is 18.4. The quantitative estimate of drug-likeness (QED) is 0.605. The summed E-state index contributed by atoms with van der Waals surface area (Å²) in [6.07, 6.45) is 0. The summed E-state index contributed by atoms with van der Waals surface area (Å²) in [5, 5.41) is 5.23. The largest absolute Gasteiger partial charge is 0.490 e. The van der Waals surface area contributed by atoms with Gasteiger partial charge in [-0.05, 0) is 36.8 Å². The zero-order chi connectivity index (χ0) is 19.2. The molecule has 27 heavy (non-hydrogen) atoms. The van der Waals surface area contributed by atoms with Crippen molar-refractivity contribution >= 4 is 12.0 Å². The Balaban J connectivity index is 1.67. The third-order valence-corrected chi connectivity index (χ3v) is 4.02. The van der Waals surface area contributed by atoms with Gasteiger partial charge < -0.3 is 20.1 Å². The van der Waals surface area contributed by atoms with Gasteiger partial charge in [-0.1, -0.05) is 30.3 Å². The van der Waals surface area contributed by atoms with Gasteiger partial charge in [-0.25, -0.2) is 14.0 Å². The topological polar surface area (TPSA) is 76.7 Å². The molecule has 0 spiro atoms. The SMILES string of the molecule is CC1=C(C(=O)OCCOc2ccccc2)[C@H](c2ccc(F)cc2)NC(=O)N1. The van der Waals surface area contributed by atoms with E-state index in [1.54, 1.807) is 19.1 Å². The van der Waals surface area contributed by atoms with Gasteiger partial charge in [0, 0.05) is 5.70 Å². The fraction of sp³-hybridized carbons (Fsp3) is 0.200. The van der Waals surface area contributed by atoms with E-state index in [-0.39, 0.29) is 18.8 Å². The Bertz CT molecular complexity index is 850. The highest BCUT2D eigenvalue weighted by molar-refractivity contribution is 5.95. The van der Waals surface area contributed by atoms with E-state index in [4.69, 9.17) is 9.47 Å². The predicted octanol–water partition coefficient (Wildman–Crippen LogP) is 3.08. The minimum absolute atomic E-state index is 0.0502. The second-order valence-electron chi connectivity index (χ2n) is 5.92. The van der Waals surface area contributed by atoms with Crippen molar-refractivity contribution in [2.75, 3.05) is 13.2 Å². The average Bonchev–Trinajstić information content (AvgIpc) is 2.66. The molecular formula is C20H19FN2O4. The molecule has 0 aromatic heterocycles. The molecule has 1 heterocycles. The molecule has 2 aromatic carbocycles. The van der Waals surface area contributed by atoms with Gasteiger partial charge in [0.2, 0.25) is 0 Å². The van der Waals surface area contributed by atoms with Crippen LogP contribution in [-0.2, 0) is 9.53 Å². The van der Waals surface area contributed by atoms with Crippen molar-refractivity contribution in [3.05, 3.63) is 77.2 Å². The molecule has 0 saturated carbocycles. The number of hydrogen-bond donors (Lipinski definition) is 2. The van der Waals surface area contributed by atoms with E-state index in [1.165, 1.54) is 24.3 Å². The van der Waals surface area contributed by atoms with Gasteiger partial charge in [0.05, 0.1) is 11.6 Å². The molecule has 1 aliphatic rings. The van der Waals surface area contributed by atoms with E-state index in [9.17, 15) is 14.0 Å². The lowest BCUT2D eigenvalue weighted by Gasteiger charge is -2.28. The molecule has 7 heteroatoms. The van der Waals surface area contributed by atoms with Gasteiger partial charge >= 0.3 is 12.0 Å². The zero-order valence-corrected chi connectivity index (χ0v) is 14.7. The number of halogens is 1. The Morgan fingerprint density at radius 3 is 2.48 bits per heavy atom. The molecule has 3 rings (SSSR count). The molecule has 1 atom stereocenters. The lowest BCUT2D eigenvalue weighted by atomic mass is 9.95. The van der Waals surface area contributed by atoms with Crippen molar-refractivity contribution in [1.82, 2.24) is 10.6 Å². The number of esters is 1. The van der Waals surface area contributed by atoms with E-state index < -0.39 is 23.9 Å². The second-order valence-corrected chi connectivity index (χ2v) is 5.92. The van der Waals surface area contributed by atoms with Crippen LogP contribution in [-0.4, -0.2) is 25.2 Å². The molecule has 0 bridgehead atoms. The molecule has 0 saturated heterocycles. The predicted molar refractivity (Wildman–Crippen MR) is 96.4 cm³/mol. The highest BCUT2D eigenvalue weighted by Gasteiger charge is 2.32. The minimum Gasteiger partial charge on any atom is -0.490 e. The molecule has 0 fully saturated rings. The van der Waals surface area contributed by atoms with E-state index >= 15 is 0 Å². The lowest BCUT2D eigenvalue weighted by molar-refractivity contribution is -0.140. The fourth-order valence-electron chi connectivity index (χ4n) is 2.76. The van der Waals surface area contributed by atoms with Crippen molar-refractivity contribution < 1.29 is 23.5 Å². The van der Waals surface area contributed by atoms with Crippen LogP contribution in [0.3, 0.4) is 0 Å². The number of carbonyl (C=O) groups excluding carboxylic acids is 2. The summed E-state index contributed by atoms with van der Waals surface area (Å²) in [4.78, 5) is 24.4. The molecule has 140 valence electrons. The van der Waals surface area contributed by atoms with Crippen molar-refractivity contribution in [3.63, 3.8) is 0 Å². The smallest absolute Gasteiger partial charge is 0.338 e. The minimum atomic E-state index is -0.720. The van der Waals surface area contributed by atoms with Gasteiger partial charge in [0.25, 0.3) is 0 Å². The highest BCUT2D eigenvalue weighted by atomic mass is 19.1. The first-order chi connectivity index (χ1) is 13.0. The Hall–Kier alpha value is -3.35. The van der Waals surface area contributed by atoms with Gasteiger partial charge in [-0.2, -0.15) is 0 Å². The first-order valence-corrected chi connectivity index (χ1v) is 8.43. The van der Waals surface area contributed by atoms with Crippen LogP contribution in [0.5, 0.6) is 5.75 Å². The molecule has 6 nitrogen and oxygen atoms in total. The molecule has 0 radical (unpaired) electrons. The van der Waals surface area contributed by atoms with Crippen molar-refractivity contribution in [3.8, 4) is 5.75 Å². The van der Waals surface area contributed by atoms with Gasteiger partial charge in [-0.3, -0.25) is 0 Å². The molecule has 0 unspecified atom stereocenters. The maximum atomic E-state index is 13.2. The van der Waals surface area contributed by atoms with Crippen LogP contribution in [0.1, 0.15) is 18.5 Å². The summed E-state index contributed by atoms with van der Waals surface area (Å²) in [6.45, 7) is 1.87. The number of nitrogens with one attached hydrogen (secondary N) is 2. The average molecular weight is 370 g/mol. The van der Waals surface area contributed by atoms with Crippen molar-refractivity contribution in [2.24, 2.45) is 0 Å². The monoisotopic (exact) mass is 370 g/mol. The number of ether oxygens (including phenoxy) is 2. The van der Waals surface area contributed by atoms with Crippen LogP contribution in [0.15, 0.2) is 65.9 Å². The highest BCUT2D eigenvalue weighted by Crippen LogP contribution is 2.27. The summed E-state index contributed by atoms with van der Waals surface area (Å²) < 4.78 is 24.0. The van der Waals surface area contributed by atoms with Gasteiger partial charge in [0.15, 0.2) is 0 Å². The number of rotatable bonds is 6. The van der Waals surface area contributed by atoms with Crippen LogP contribution in [0.25, 0.3) is 0 Å². The fourth-order valence-corrected chi connectivity index (χ4v) is 2.76. The van der Waals surface area contributed by atoms with Crippen LogP contribution >= 0.6 is 0 Å². The van der Waals surface area contributed by atoms with Crippen molar-refractivity contribution in [1.29, 1.82) is 0 Å². The molecule has 0 aliphatic carbocycles. The third kappa shape index (κ3) is 4.63. The van der Waals surface area contributed by atoms with Crippen LogP contribution in [0.4, 0.5) is 9.18 Å². The number of hydrogen-bond acceptors (Lipinski definition) is 4. The number of para-hydroxylation sites is 1. The molecule has 1 aliphatic heterocycles. The molecule has 2 amide bonds. The molecule has 2 aromatic rings. The third-order valence-electron chi connectivity index (χ3n) is 4.02. The number of carbonyl (C=O) groups is 2. The van der Waals surface area contributed by atoms with Crippen LogP contribution < -0.4 is 15.4 Å². The number of allylic oxidation sites excluding steroid dienone is 1.